The molecular formula is C16H13BrF3NO2. The third-order valence-corrected chi connectivity index (χ3v) is 3.58. The van der Waals surface area contributed by atoms with E-state index in [2.05, 4.69) is 26.0 Å². The maximum atomic E-state index is 12.1. The first-order valence-corrected chi connectivity index (χ1v) is 7.43. The van der Waals surface area contributed by atoms with E-state index >= 15 is 0 Å². The van der Waals surface area contributed by atoms with Crippen LogP contribution in [-0.4, -0.2) is 12.3 Å². The molecule has 0 bridgehead atoms. The zero-order valence-electron chi connectivity index (χ0n) is 12.1. The fourth-order valence-corrected chi connectivity index (χ4v) is 2.50. The lowest BCUT2D eigenvalue weighted by molar-refractivity contribution is -0.274. The van der Waals surface area contributed by atoms with E-state index in [1.165, 1.54) is 24.3 Å². The van der Waals surface area contributed by atoms with E-state index < -0.39 is 6.36 Å². The number of anilines is 1. The highest BCUT2D eigenvalue weighted by molar-refractivity contribution is 9.10. The number of rotatable bonds is 4. The van der Waals surface area contributed by atoms with E-state index in [1.54, 1.807) is 6.07 Å². The number of benzene rings is 2. The first-order chi connectivity index (χ1) is 10.7. The molecule has 3 nitrogen and oxygen atoms in total. The molecular weight excluding hydrogens is 375 g/mol. The second kappa shape index (κ2) is 7.04. The third kappa shape index (κ3) is 5.59. The molecule has 1 N–H and O–H groups in total. The molecule has 0 spiro atoms. The normalized spacial score (nSPS) is 11.2. The Morgan fingerprint density at radius 2 is 1.83 bits per heavy atom. The molecule has 122 valence electrons. The minimum absolute atomic E-state index is 0.0482. The number of carbonyl (C=O) groups excluding carboxylic acids is 1. The van der Waals surface area contributed by atoms with Crippen molar-refractivity contribution in [3.05, 3.63) is 58.1 Å². The molecule has 0 fully saturated rings. The van der Waals surface area contributed by atoms with Crippen molar-refractivity contribution in [3.8, 4) is 5.75 Å². The Morgan fingerprint density at radius 3 is 2.39 bits per heavy atom. The second-order valence-electron chi connectivity index (χ2n) is 4.90. The highest BCUT2D eigenvalue weighted by Gasteiger charge is 2.30. The highest BCUT2D eigenvalue weighted by Crippen LogP contribution is 2.24. The molecule has 7 heteroatoms. The summed E-state index contributed by atoms with van der Waals surface area (Å²) in [5.41, 5.74) is 2.27. The number of nitrogens with one attached hydrogen (secondary N) is 1. The summed E-state index contributed by atoms with van der Waals surface area (Å²) in [4.78, 5) is 12.0. The van der Waals surface area contributed by atoms with Gasteiger partial charge in [0.1, 0.15) is 5.75 Å². The van der Waals surface area contributed by atoms with Gasteiger partial charge in [-0.15, -0.1) is 13.2 Å². The van der Waals surface area contributed by atoms with Crippen LogP contribution < -0.4 is 10.1 Å². The summed E-state index contributed by atoms with van der Waals surface area (Å²) >= 11 is 3.36. The Hall–Kier alpha value is -2.02. The van der Waals surface area contributed by atoms with Gasteiger partial charge in [0.05, 0.1) is 12.1 Å². The Labute approximate surface area is 139 Å². The molecule has 2 aromatic carbocycles. The summed E-state index contributed by atoms with van der Waals surface area (Å²) in [5, 5.41) is 2.74. The van der Waals surface area contributed by atoms with Crippen molar-refractivity contribution in [2.24, 2.45) is 0 Å². The monoisotopic (exact) mass is 387 g/mol. The van der Waals surface area contributed by atoms with E-state index in [9.17, 15) is 18.0 Å². The smallest absolute Gasteiger partial charge is 0.406 e. The van der Waals surface area contributed by atoms with Gasteiger partial charge in [-0.3, -0.25) is 4.79 Å². The van der Waals surface area contributed by atoms with Crippen molar-refractivity contribution in [2.45, 2.75) is 19.7 Å². The number of carbonyl (C=O) groups is 1. The number of alkyl halides is 3. The Balaban J connectivity index is 1.97. The number of hydrogen-bond acceptors (Lipinski definition) is 2. The van der Waals surface area contributed by atoms with Gasteiger partial charge in [-0.25, -0.2) is 0 Å². The van der Waals surface area contributed by atoms with Crippen molar-refractivity contribution >= 4 is 27.5 Å². The fraction of sp³-hybridized carbons (Fsp3) is 0.188. The summed E-state index contributed by atoms with van der Waals surface area (Å²) in [6.07, 6.45) is -4.68. The minimum atomic E-state index is -4.73. The van der Waals surface area contributed by atoms with Crippen LogP contribution in [0.1, 0.15) is 11.1 Å². The lowest BCUT2D eigenvalue weighted by atomic mass is 10.1. The summed E-state index contributed by atoms with van der Waals surface area (Å²) < 4.78 is 40.8. The average molecular weight is 388 g/mol. The fourth-order valence-electron chi connectivity index (χ4n) is 1.91. The lowest BCUT2D eigenvalue weighted by Gasteiger charge is -2.10. The second-order valence-corrected chi connectivity index (χ2v) is 5.75. The average Bonchev–Trinajstić information content (AvgIpc) is 2.42. The molecule has 0 unspecified atom stereocenters. The quantitative estimate of drug-likeness (QED) is 0.815. The van der Waals surface area contributed by atoms with Gasteiger partial charge in [-0.2, -0.15) is 0 Å². The number of amides is 1. The summed E-state index contributed by atoms with van der Waals surface area (Å²) in [5.74, 6) is -0.581. The number of ether oxygens (including phenoxy) is 1. The number of halogens is 4. The van der Waals surface area contributed by atoms with Crippen molar-refractivity contribution in [2.75, 3.05) is 5.32 Å². The van der Waals surface area contributed by atoms with Gasteiger partial charge in [0, 0.05) is 4.47 Å². The summed E-state index contributed by atoms with van der Waals surface area (Å²) in [6, 6.07) is 10.7. The van der Waals surface area contributed by atoms with Crippen LogP contribution in [0.25, 0.3) is 0 Å². The third-order valence-electron chi connectivity index (χ3n) is 2.92. The first-order valence-electron chi connectivity index (χ1n) is 6.63. The van der Waals surface area contributed by atoms with Crippen LogP contribution in [0, 0.1) is 6.92 Å². The maximum Gasteiger partial charge on any atom is 0.573 e. The van der Waals surface area contributed by atoms with Gasteiger partial charge in [0.15, 0.2) is 0 Å². The predicted molar refractivity (Wildman–Crippen MR) is 84.3 cm³/mol. The van der Waals surface area contributed by atoms with Crippen LogP contribution in [0.15, 0.2) is 46.9 Å². The standard InChI is InChI=1S/C16H13BrF3NO2/c1-10-2-7-14(13(17)8-10)21-15(22)9-11-3-5-12(6-4-11)23-16(18,19)20/h2-8H,9H2,1H3,(H,21,22). The van der Waals surface area contributed by atoms with Crippen molar-refractivity contribution in [3.63, 3.8) is 0 Å². The number of hydrogen-bond donors (Lipinski definition) is 1. The minimum Gasteiger partial charge on any atom is -0.406 e. The van der Waals surface area contributed by atoms with Crippen LogP contribution in [0.4, 0.5) is 18.9 Å². The zero-order valence-corrected chi connectivity index (χ0v) is 13.7. The Kier molecular flexibility index (Phi) is 5.30. The van der Waals surface area contributed by atoms with Crippen molar-refractivity contribution < 1.29 is 22.7 Å². The van der Waals surface area contributed by atoms with Crippen LogP contribution >= 0.6 is 15.9 Å². The topological polar surface area (TPSA) is 38.3 Å². The predicted octanol–water partition coefficient (Wildman–Crippen LogP) is 4.84. The lowest BCUT2D eigenvalue weighted by Crippen LogP contribution is -2.17. The van der Waals surface area contributed by atoms with Crippen LogP contribution in [-0.2, 0) is 11.2 Å². The van der Waals surface area contributed by atoms with E-state index in [-0.39, 0.29) is 18.1 Å². The van der Waals surface area contributed by atoms with Crippen molar-refractivity contribution in [1.29, 1.82) is 0 Å². The van der Waals surface area contributed by atoms with E-state index in [4.69, 9.17) is 0 Å². The Morgan fingerprint density at radius 1 is 1.17 bits per heavy atom. The summed E-state index contributed by atoms with van der Waals surface area (Å²) in [7, 11) is 0. The van der Waals surface area contributed by atoms with Gasteiger partial charge in [-0.1, -0.05) is 18.2 Å². The summed E-state index contributed by atoms with van der Waals surface area (Å²) in [6.45, 7) is 1.93. The molecule has 23 heavy (non-hydrogen) atoms. The van der Waals surface area contributed by atoms with Crippen LogP contribution in [0.2, 0.25) is 0 Å². The van der Waals surface area contributed by atoms with E-state index in [1.807, 2.05) is 19.1 Å². The number of aryl methyl sites for hydroxylation is 1. The van der Waals surface area contributed by atoms with Gasteiger partial charge in [0.25, 0.3) is 0 Å². The molecule has 0 saturated heterocycles. The highest BCUT2D eigenvalue weighted by atomic mass is 79.9. The van der Waals surface area contributed by atoms with Gasteiger partial charge >= 0.3 is 6.36 Å². The largest absolute Gasteiger partial charge is 0.573 e. The zero-order chi connectivity index (χ0) is 17.0. The Bertz CT molecular complexity index is 699. The maximum absolute atomic E-state index is 12.1. The molecule has 0 aliphatic heterocycles. The first kappa shape index (κ1) is 17.3. The molecule has 2 rings (SSSR count). The van der Waals surface area contributed by atoms with Crippen LogP contribution in [0.5, 0.6) is 5.75 Å². The van der Waals surface area contributed by atoms with E-state index in [0.29, 0.717) is 11.3 Å². The molecule has 0 heterocycles. The van der Waals surface area contributed by atoms with Gasteiger partial charge < -0.3 is 10.1 Å². The van der Waals surface area contributed by atoms with E-state index in [0.717, 1.165) is 10.0 Å². The SMILES string of the molecule is Cc1ccc(NC(=O)Cc2ccc(OC(F)(F)F)cc2)c(Br)c1. The molecule has 0 radical (unpaired) electrons. The molecule has 0 aliphatic carbocycles. The molecule has 0 saturated carbocycles. The van der Waals surface area contributed by atoms with Crippen LogP contribution in [0.3, 0.4) is 0 Å². The molecule has 0 aromatic heterocycles. The van der Waals surface area contributed by atoms with Gasteiger partial charge in [0.2, 0.25) is 5.91 Å². The van der Waals surface area contributed by atoms with Gasteiger partial charge in [-0.05, 0) is 58.2 Å². The molecule has 0 aliphatic rings. The molecule has 0 atom stereocenters. The molecule has 1 amide bonds. The van der Waals surface area contributed by atoms with Crippen molar-refractivity contribution in [1.82, 2.24) is 0 Å². The molecule has 2 aromatic rings.